The highest BCUT2D eigenvalue weighted by atomic mass is 15.0. The summed E-state index contributed by atoms with van der Waals surface area (Å²) in [5.41, 5.74) is 1.67. The molecule has 1 fully saturated rings. The second-order valence-electron chi connectivity index (χ2n) is 7.55. The van der Waals surface area contributed by atoms with Crippen LogP contribution in [0.15, 0.2) is 30.3 Å². The van der Waals surface area contributed by atoms with E-state index in [2.05, 4.69) is 70.3 Å². The zero-order valence-electron chi connectivity index (χ0n) is 13.1. The molecule has 1 N–H and O–H groups in total. The minimum atomic E-state index is 0.254. The second-order valence-corrected chi connectivity index (χ2v) is 7.55. The molecule has 0 aromatic heterocycles. The molecule has 2 rings (SSSR count). The van der Waals surface area contributed by atoms with Crippen LogP contribution in [0.1, 0.15) is 59.1 Å². The molecule has 1 atom stereocenters. The van der Waals surface area contributed by atoms with Crippen molar-refractivity contribution < 1.29 is 0 Å². The zero-order chi connectivity index (χ0) is 14.0. The van der Waals surface area contributed by atoms with Crippen molar-refractivity contribution in [1.82, 2.24) is 5.32 Å². The summed E-state index contributed by atoms with van der Waals surface area (Å²) in [5.74, 6) is 1.76. The summed E-state index contributed by atoms with van der Waals surface area (Å²) in [6.07, 6.45) is 2.69. The Hall–Kier alpha value is -0.820. The van der Waals surface area contributed by atoms with Gasteiger partial charge in [-0.2, -0.15) is 0 Å². The van der Waals surface area contributed by atoms with E-state index in [1.165, 1.54) is 18.4 Å². The van der Waals surface area contributed by atoms with Crippen LogP contribution in [0.25, 0.3) is 0 Å². The SMILES string of the molecule is CC(C)C1CC(NC(c2ccccc2)C(C)(C)C)C1. The molecule has 0 amide bonds. The van der Waals surface area contributed by atoms with Crippen LogP contribution in [0.2, 0.25) is 0 Å². The average Bonchev–Trinajstić information content (AvgIpc) is 2.26. The highest BCUT2D eigenvalue weighted by Gasteiger charge is 2.35. The van der Waals surface area contributed by atoms with Gasteiger partial charge in [0.1, 0.15) is 0 Å². The fourth-order valence-electron chi connectivity index (χ4n) is 3.07. The number of benzene rings is 1. The lowest BCUT2D eigenvalue weighted by molar-refractivity contribution is 0.130. The third-order valence-electron chi connectivity index (χ3n) is 4.52. The topological polar surface area (TPSA) is 12.0 Å². The van der Waals surface area contributed by atoms with Crippen LogP contribution < -0.4 is 5.32 Å². The molecule has 1 aliphatic rings. The Kier molecular flexibility index (Phi) is 4.35. The van der Waals surface area contributed by atoms with Gasteiger partial charge in [0.05, 0.1) is 0 Å². The largest absolute Gasteiger partial charge is 0.307 e. The summed E-state index contributed by atoms with van der Waals surface area (Å²) in [4.78, 5) is 0. The van der Waals surface area contributed by atoms with Crippen LogP contribution >= 0.6 is 0 Å². The Morgan fingerprint density at radius 2 is 1.63 bits per heavy atom. The summed E-state index contributed by atoms with van der Waals surface area (Å²) < 4.78 is 0. The van der Waals surface area contributed by atoms with Gasteiger partial charge in [-0.15, -0.1) is 0 Å². The van der Waals surface area contributed by atoms with Crippen molar-refractivity contribution in [2.75, 3.05) is 0 Å². The van der Waals surface area contributed by atoms with Gasteiger partial charge in [0, 0.05) is 12.1 Å². The maximum absolute atomic E-state index is 3.89. The van der Waals surface area contributed by atoms with Crippen molar-refractivity contribution in [3.05, 3.63) is 35.9 Å². The van der Waals surface area contributed by atoms with Crippen LogP contribution in [0.4, 0.5) is 0 Å². The highest BCUT2D eigenvalue weighted by Crippen LogP contribution is 2.39. The monoisotopic (exact) mass is 259 g/mol. The van der Waals surface area contributed by atoms with E-state index in [0.717, 1.165) is 11.8 Å². The fraction of sp³-hybridized carbons (Fsp3) is 0.667. The molecule has 1 nitrogen and oxygen atoms in total. The standard InChI is InChI=1S/C18H29N/c1-13(2)15-11-16(12-15)19-17(18(3,4)5)14-9-7-6-8-10-14/h6-10,13,15-17,19H,11-12H2,1-5H3. The van der Waals surface area contributed by atoms with Gasteiger partial charge < -0.3 is 5.32 Å². The molecule has 19 heavy (non-hydrogen) atoms. The van der Waals surface area contributed by atoms with E-state index in [4.69, 9.17) is 0 Å². The second kappa shape index (κ2) is 5.66. The molecule has 0 aliphatic heterocycles. The smallest absolute Gasteiger partial charge is 0.0371 e. The van der Waals surface area contributed by atoms with Crippen LogP contribution in [0, 0.1) is 17.3 Å². The highest BCUT2D eigenvalue weighted by molar-refractivity contribution is 5.21. The lowest BCUT2D eigenvalue weighted by atomic mass is 9.72. The fourth-order valence-corrected chi connectivity index (χ4v) is 3.07. The lowest BCUT2D eigenvalue weighted by Gasteiger charge is -2.43. The van der Waals surface area contributed by atoms with E-state index < -0.39 is 0 Å². The predicted molar refractivity (Wildman–Crippen MR) is 83.1 cm³/mol. The summed E-state index contributed by atoms with van der Waals surface area (Å²) in [6, 6.07) is 12.1. The first kappa shape index (κ1) is 14.6. The van der Waals surface area contributed by atoms with Crippen LogP contribution in [0.5, 0.6) is 0 Å². The van der Waals surface area contributed by atoms with Gasteiger partial charge >= 0.3 is 0 Å². The molecule has 1 unspecified atom stereocenters. The molecular weight excluding hydrogens is 230 g/mol. The molecule has 1 heteroatoms. The minimum absolute atomic E-state index is 0.254. The van der Waals surface area contributed by atoms with Gasteiger partial charge in [-0.3, -0.25) is 0 Å². The number of rotatable bonds is 4. The van der Waals surface area contributed by atoms with E-state index in [1.807, 2.05) is 0 Å². The van der Waals surface area contributed by atoms with Gasteiger partial charge in [0.2, 0.25) is 0 Å². The van der Waals surface area contributed by atoms with E-state index in [1.54, 1.807) is 0 Å². The molecule has 1 saturated carbocycles. The summed E-state index contributed by atoms with van der Waals surface area (Å²) in [7, 11) is 0. The van der Waals surface area contributed by atoms with Gasteiger partial charge in [0.25, 0.3) is 0 Å². The Balaban J connectivity index is 2.01. The van der Waals surface area contributed by atoms with Crippen molar-refractivity contribution in [1.29, 1.82) is 0 Å². The molecule has 0 spiro atoms. The first-order chi connectivity index (χ1) is 8.88. The molecule has 0 radical (unpaired) electrons. The molecule has 1 aromatic carbocycles. The maximum atomic E-state index is 3.89. The van der Waals surface area contributed by atoms with Crippen LogP contribution in [0.3, 0.4) is 0 Å². The summed E-state index contributed by atoms with van der Waals surface area (Å²) in [5, 5.41) is 3.89. The van der Waals surface area contributed by atoms with Crippen LogP contribution in [-0.2, 0) is 0 Å². The van der Waals surface area contributed by atoms with E-state index in [9.17, 15) is 0 Å². The van der Waals surface area contributed by atoms with Gasteiger partial charge in [-0.05, 0) is 35.7 Å². The van der Waals surface area contributed by atoms with E-state index in [-0.39, 0.29) is 5.41 Å². The Bertz CT molecular complexity index is 382. The molecule has 106 valence electrons. The van der Waals surface area contributed by atoms with Gasteiger partial charge in [-0.25, -0.2) is 0 Å². The number of nitrogens with one attached hydrogen (secondary N) is 1. The number of hydrogen-bond acceptors (Lipinski definition) is 1. The Morgan fingerprint density at radius 3 is 2.11 bits per heavy atom. The van der Waals surface area contributed by atoms with Crippen LogP contribution in [-0.4, -0.2) is 6.04 Å². The molecule has 0 heterocycles. The van der Waals surface area contributed by atoms with Crippen molar-refractivity contribution in [2.45, 2.75) is 59.5 Å². The first-order valence-corrected chi connectivity index (χ1v) is 7.69. The third kappa shape index (κ3) is 3.60. The summed E-state index contributed by atoms with van der Waals surface area (Å²) in [6.45, 7) is 11.7. The van der Waals surface area contributed by atoms with Crippen molar-refractivity contribution in [3.8, 4) is 0 Å². The van der Waals surface area contributed by atoms with E-state index in [0.29, 0.717) is 12.1 Å². The lowest BCUT2D eigenvalue weighted by Crippen LogP contribution is -2.47. The Morgan fingerprint density at radius 1 is 1.05 bits per heavy atom. The molecule has 1 aliphatic carbocycles. The quantitative estimate of drug-likeness (QED) is 0.819. The average molecular weight is 259 g/mol. The zero-order valence-corrected chi connectivity index (χ0v) is 13.1. The molecular formula is C18H29N. The van der Waals surface area contributed by atoms with Gasteiger partial charge in [-0.1, -0.05) is 65.0 Å². The maximum Gasteiger partial charge on any atom is 0.0371 e. The normalized spacial score (nSPS) is 25.2. The van der Waals surface area contributed by atoms with Gasteiger partial charge in [0.15, 0.2) is 0 Å². The molecule has 1 aromatic rings. The first-order valence-electron chi connectivity index (χ1n) is 7.69. The third-order valence-corrected chi connectivity index (χ3v) is 4.52. The summed E-state index contributed by atoms with van der Waals surface area (Å²) >= 11 is 0. The number of hydrogen-bond donors (Lipinski definition) is 1. The molecule has 0 bridgehead atoms. The predicted octanol–water partition coefficient (Wildman–Crippen LogP) is 4.80. The van der Waals surface area contributed by atoms with Crippen molar-refractivity contribution in [2.24, 2.45) is 17.3 Å². The van der Waals surface area contributed by atoms with Crippen molar-refractivity contribution >= 4 is 0 Å². The molecule has 0 saturated heterocycles. The van der Waals surface area contributed by atoms with Crippen molar-refractivity contribution in [3.63, 3.8) is 0 Å². The minimum Gasteiger partial charge on any atom is -0.307 e. The van der Waals surface area contributed by atoms with E-state index >= 15 is 0 Å². The Labute approximate surface area is 118 Å².